The number of rotatable bonds is 7. The van der Waals surface area contributed by atoms with Gasteiger partial charge >= 0.3 is 0 Å². The molecule has 24 heavy (non-hydrogen) atoms. The van der Waals surface area contributed by atoms with Crippen molar-refractivity contribution in [2.75, 3.05) is 13.2 Å². The number of carbonyl (C=O) groups is 1. The Morgan fingerprint density at radius 1 is 1.42 bits per heavy atom. The summed E-state index contributed by atoms with van der Waals surface area (Å²) in [5.74, 6) is 2.89. The molecule has 1 aliphatic carbocycles. The van der Waals surface area contributed by atoms with Crippen molar-refractivity contribution < 1.29 is 9.53 Å². The number of terminal acetylenes is 1. The molecule has 0 aromatic heterocycles. The lowest BCUT2D eigenvalue weighted by molar-refractivity contribution is -0.120. The molecule has 1 amide bonds. The molecule has 0 aliphatic heterocycles. The van der Waals surface area contributed by atoms with Crippen molar-refractivity contribution in [1.82, 2.24) is 10.7 Å². The zero-order valence-corrected chi connectivity index (χ0v) is 15.1. The van der Waals surface area contributed by atoms with Crippen LogP contribution in [0.1, 0.15) is 37.7 Å². The molecule has 0 atom stereocenters. The molecule has 2 rings (SSSR count). The minimum absolute atomic E-state index is 0.155. The molecule has 1 aromatic rings. The van der Waals surface area contributed by atoms with E-state index in [0.717, 1.165) is 22.9 Å². The van der Waals surface area contributed by atoms with Gasteiger partial charge in [0.1, 0.15) is 12.4 Å². The van der Waals surface area contributed by atoms with Crippen molar-refractivity contribution in [2.24, 2.45) is 5.10 Å². The number of carbonyl (C=O) groups excluding carboxylic acids is 1. The van der Waals surface area contributed by atoms with Gasteiger partial charge in [0, 0.05) is 16.1 Å². The van der Waals surface area contributed by atoms with Crippen LogP contribution >= 0.6 is 15.9 Å². The van der Waals surface area contributed by atoms with Gasteiger partial charge in [-0.2, -0.15) is 5.10 Å². The molecule has 5 nitrogen and oxygen atoms in total. The largest absolute Gasteiger partial charge is 0.480 e. The Bertz CT molecular complexity index is 619. The van der Waals surface area contributed by atoms with E-state index >= 15 is 0 Å². The van der Waals surface area contributed by atoms with E-state index in [0.29, 0.717) is 11.8 Å². The SMILES string of the molecule is C#CCOc1ccc(Br)cc1/C=N\NC(=O)CNC1CCCCC1. The predicted octanol–water partition coefficient (Wildman–Crippen LogP) is 2.83. The van der Waals surface area contributed by atoms with Crippen molar-refractivity contribution in [3.8, 4) is 18.1 Å². The number of nitrogens with one attached hydrogen (secondary N) is 2. The first-order chi connectivity index (χ1) is 11.7. The predicted molar refractivity (Wildman–Crippen MR) is 99.1 cm³/mol. The molecule has 6 heteroatoms. The van der Waals surface area contributed by atoms with Crippen LogP contribution in [0, 0.1) is 12.3 Å². The molecule has 1 aliphatic rings. The monoisotopic (exact) mass is 391 g/mol. The first kappa shape index (κ1) is 18.5. The van der Waals surface area contributed by atoms with E-state index in [1.807, 2.05) is 12.1 Å². The maximum Gasteiger partial charge on any atom is 0.254 e. The van der Waals surface area contributed by atoms with E-state index in [-0.39, 0.29) is 19.1 Å². The number of nitrogens with zero attached hydrogens (tertiary/aromatic N) is 1. The lowest BCUT2D eigenvalue weighted by Crippen LogP contribution is -2.38. The first-order valence-corrected chi connectivity index (χ1v) is 8.89. The van der Waals surface area contributed by atoms with E-state index in [1.54, 1.807) is 12.3 Å². The molecule has 0 radical (unpaired) electrons. The van der Waals surface area contributed by atoms with Crippen LogP contribution < -0.4 is 15.5 Å². The van der Waals surface area contributed by atoms with Crippen LogP contribution in [0.3, 0.4) is 0 Å². The second-order valence-corrected chi connectivity index (χ2v) is 6.60. The Hall–Kier alpha value is -1.84. The van der Waals surface area contributed by atoms with Gasteiger partial charge in [0.05, 0.1) is 12.8 Å². The average Bonchev–Trinajstić information content (AvgIpc) is 2.60. The Labute approximate surface area is 151 Å². The van der Waals surface area contributed by atoms with Gasteiger partial charge in [0.15, 0.2) is 0 Å². The van der Waals surface area contributed by atoms with Crippen molar-refractivity contribution in [3.05, 3.63) is 28.2 Å². The highest BCUT2D eigenvalue weighted by Crippen LogP contribution is 2.21. The van der Waals surface area contributed by atoms with Gasteiger partial charge in [-0.3, -0.25) is 4.79 Å². The normalized spacial score (nSPS) is 15.2. The minimum Gasteiger partial charge on any atom is -0.480 e. The van der Waals surface area contributed by atoms with Crippen molar-refractivity contribution in [2.45, 2.75) is 38.1 Å². The third-order valence-electron chi connectivity index (χ3n) is 3.83. The second-order valence-electron chi connectivity index (χ2n) is 5.68. The molecule has 1 aromatic carbocycles. The Morgan fingerprint density at radius 2 is 2.21 bits per heavy atom. The van der Waals surface area contributed by atoms with Crippen LogP contribution in [0.2, 0.25) is 0 Å². The maximum absolute atomic E-state index is 11.8. The van der Waals surface area contributed by atoms with Crippen LogP contribution in [0.4, 0.5) is 0 Å². The van der Waals surface area contributed by atoms with Crippen molar-refractivity contribution in [3.63, 3.8) is 0 Å². The number of benzene rings is 1. The summed E-state index contributed by atoms with van der Waals surface area (Å²) < 4.78 is 6.34. The molecule has 1 saturated carbocycles. The van der Waals surface area contributed by atoms with E-state index < -0.39 is 0 Å². The summed E-state index contributed by atoms with van der Waals surface area (Å²) in [5.41, 5.74) is 3.27. The summed E-state index contributed by atoms with van der Waals surface area (Å²) in [7, 11) is 0. The van der Waals surface area contributed by atoms with Crippen LogP contribution in [0.5, 0.6) is 5.75 Å². The summed E-state index contributed by atoms with van der Waals surface area (Å²) in [6, 6.07) is 5.95. The van der Waals surface area contributed by atoms with Crippen LogP contribution in [0.25, 0.3) is 0 Å². The quantitative estimate of drug-likeness (QED) is 0.426. The number of hydrogen-bond donors (Lipinski definition) is 2. The molecular formula is C18H22BrN3O2. The van der Waals surface area contributed by atoms with Gasteiger partial charge in [-0.25, -0.2) is 5.43 Å². The molecule has 128 valence electrons. The third kappa shape index (κ3) is 6.34. The van der Waals surface area contributed by atoms with Gasteiger partial charge in [-0.05, 0) is 31.0 Å². The van der Waals surface area contributed by atoms with E-state index in [1.165, 1.54) is 19.3 Å². The van der Waals surface area contributed by atoms with Gasteiger partial charge < -0.3 is 10.1 Å². The Morgan fingerprint density at radius 3 is 2.96 bits per heavy atom. The van der Waals surface area contributed by atoms with Gasteiger partial charge in [0.25, 0.3) is 5.91 Å². The van der Waals surface area contributed by atoms with Gasteiger partial charge in [0.2, 0.25) is 0 Å². The molecule has 0 unspecified atom stereocenters. The topological polar surface area (TPSA) is 62.7 Å². The third-order valence-corrected chi connectivity index (χ3v) is 4.33. The smallest absolute Gasteiger partial charge is 0.254 e. The van der Waals surface area contributed by atoms with Crippen LogP contribution in [-0.4, -0.2) is 31.3 Å². The maximum atomic E-state index is 11.8. The summed E-state index contributed by atoms with van der Waals surface area (Å²) in [6.45, 7) is 0.459. The number of amides is 1. The summed E-state index contributed by atoms with van der Waals surface area (Å²) in [5, 5.41) is 7.28. The minimum atomic E-state index is -0.155. The van der Waals surface area contributed by atoms with E-state index in [2.05, 4.69) is 37.7 Å². The number of halogens is 1. The lowest BCUT2D eigenvalue weighted by atomic mass is 9.95. The van der Waals surface area contributed by atoms with Crippen molar-refractivity contribution >= 4 is 28.1 Å². The highest BCUT2D eigenvalue weighted by molar-refractivity contribution is 9.10. The van der Waals surface area contributed by atoms with Crippen LogP contribution in [0.15, 0.2) is 27.8 Å². The Kier molecular flexibility index (Phi) is 7.80. The summed E-state index contributed by atoms with van der Waals surface area (Å²) in [6.07, 6.45) is 12.8. The molecule has 1 fully saturated rings. The molecule has 0 bridgehead atoms. The Balaban J connectivity index is 1.83. The van der Waals surface area contributed by atoms with E-state index in [9.17, 15) is 4.79 Å². The summed E-state index contributed by atoms with van der Waals surface area (Å²) in [4.78, 5) is 11.8. The molecule has 2 N–H and O–H groups in total. The molecular weight excluding hydrogens is 370 g/mol. The van der Waals surface area contributed by atoms with Gasteiger partial charge in [-0.15, -0.1) is 6.42 Å². The molecule has 0 spiro atoms. The fraction of sp³-hybridized carbons (Fsp3) is 0.444. The van der Waals surface area contributed by atoms with E-state index in [4.69, 9.17) is 11.2 Å². The molecule has 0 saturated heterocycles. The zero-order valence-electron chi connectivity index (χ0n) is 13.6. The fourth-order valence-corrected chi connectivity index (χ4v) is 3.01. The lowest BCUT2D eigenvalue weighted by Gasteiger charge is -2.22. The fourth-order valence-electron chi connectivity index (χ4n) is 2.63. The number of ether oxygens (including phenoxy) is 1. The van der Waals surface area contributed by atoms with Crippen molar-refractivity contribution in [1.29, 1.82) is 0 Å². The highest BCUT2D eigenvalue weighted by Gasteiger charge is 2.13. The molecule has 0 heterocycles. The second kappa shape index (κ2) is 10.1. The first-order valence-electron chi connectivity index (χ1n) is 8.10. The standard InChI is InChI=1S/C18H22BrN3O2/c1-2-10-24-17-9-8-15(19)11-14(17)12-21-22-18(23)13-20-16-6-4-3-5-7-16/h1,8-9,11-12,16,20H,3-7,10,13H2,(H,22,23)/b21-12-. The van der Waals surface area contributed by atoms with Gasteiger partial charge in [-0.1, -0.05) is 41.1 Å². The average molecular weight is 392 g/mol. The highest BCUT2D eigenvalue weighted by atomic mass is 79.9. The van der Waals surface area contributed by atoms with Crippen LogP contribution in [-0.2, 0) is 4.79 Å². The zero-order chi connectivity index (χ0) is 17.2. The number of hydrogen-bond acceptors (Lipinski definition) is 4. The number of hydrazone groups is 1. The summed E-state index contributed by atoms with van der Waals surface area (Å²) >= 11 is 3.40.